The topological polar surface area (TPSA) is 37.0 Å². The van der Waals surface area contributed by atoms with Gasteiger partial charge >= 0.3 is 0 Å². The molecule has 2 heterocycles. The lowest BCUT2D eigenvalue weighted by molar-refractivity contribution is 0.546. The lowest BCUT2D eigenvalue weighted by atomic mass is 10.3. The van der Waals surface area contributed by atoms with E-state index in [4.69, 9.17) is 0 Å². The Bertz CT molecular complexity index is 216. The quantitative estimate of drug-likeness (QED) is 0.720. The maximum Gasteiger partial charge on any atom is 0.106 e. The zero-order valence-corrected chi connectivity index (χ0v) is 7.73. The first-order chi connectivity index (χ1) is 5.95. The molecule has 1 aliphatic heterocycles. The van der Waals surface area contributed by atoms with E-state index in [-0.39, 0.29) is 0 Å². The number of rotatable bonds is 3. The van der Waals surface area contributed by atoms with Crippen LogP contribution in [0.15, 0.2) is 11.6 Å². The molecule has 1 atom stereocenters. The van der Waals surface area contributed by atoms with Crippen molar-refractivity contribution in [1.82, 2.24) is 15.6 Å². The molecule has 1 saturated heterocycles. The van der Waals surface area contributed by atoms with Crippen molar-refractivity contribution in [3.8, 4) is 0 Å². The van der Waals surface area contributed by atoms with Crippen LogP contribution in [0.1, 0.15) is 11.4 Å². The van der Waals surface area contributed by atoms with Crippen LogP contribution in [-0.4, -0.2) is 24.1 Å². The van der Waals surface area contributed by atoms with Crippen LogP contribution in [0.5, 0.6) is 0 Å². The number of thiazole rings is 1. The summed E-state index contributed by atoms with van der Waals surface area (Å²) in [6.45, 7) is 3.17. The molecular weight excluding hydrogens is 170 g/mol. The molecule has 0 aromatic carbocycles. The van der Waals surface area contributed by atoms with Crippen LogP contribution < -0.4 is 10.6 Å². The van der Waals surface area contributed by atoms with Crippen molar-refractivity contribution in [1.29, 1.82) is 0 Å². The third-order valence-electron chi connectivity index (χ3n) is 2.09. The number of hydrogen-bond acceptors (Lipinski definition) is 4. The average Bonchev–Trinajstić information content (AvgIpc) is 2.74. The zero-order chi connectivity index (χ0) is 8.23. The minimum Gasteiger partial charge on any atom is -0.315 e. The highest BCUT2D eigenvalue weighted by Gasteiger charge is 2.13. The summed E-state index contributed by atoms with van der Waals surface area (Å²) in [7, 11) is 0. The summed E-state index contributed by atoms with van der Waals surface area (Å²) in [6, 6.07) is 0.647. The third-order valence-corrected chi connectivity index (χ3v) is 2.87. The van der Waals surface area contributed by atoms with Crippen LogP contribution in [0.3, 0.4) is 0 Å². The number of hydrogen-bond donors (Lipinski definition) is 2. The Morgan fingerprint density at radius 2 is 2.75 bits per heavy atom. The molecule has 66 valence electrons. The largest absolute Gasteiger partial charge is 0.315 e. The fourth-order valence-electron chi connectivity index (χ4n) is 1.40. The SMILES string of the molecule is c1csc(CNC2CCNC2)n1. The van der Waals surface area contributed by atoms with Gasteiger partial charge in [0.15, 0.2) is 0 Å². The lowest BCUT2D eigenvalue weighted by Gasteiger charge is -2.08. The molecule has 0 bridgehead atoms. The molecule has 0 spiro atoms. The van der Waals surface area contributed by atoms with E-state index in [1.165, 1.54) is 11.4 Å². The summed E-state index contributed by atoms with van der Waals surface area (Å²) in [5.74, 6) is 0. The molecule has 0 aliphatic carbocycles. The molecule has 1 aliphatic rings. The highest BCUT2D eigenvalue weighted by atomic mass is 32.1. The summed E-state index contributed by atoms with van der Waals surface area (Å²) in [5.41, 5.74) is 0. The summed E-state index contributed by atoms with van der Waals surface area (Å²) < 4.78 is 0. The first-order valence-electron chi connectivity index (χ1n) is 4.27. The van der Waals surface area contributed by atoms with Crippen LogP contribution in [-0.2, 0) is 6.54 Å². The molecule has 4 heteroatoms. The van der Waals surface area contributed by atoms with Gasteiger partial charge in [-0.05, 0) is 13.0 Å². The second-order valence-corrected chi connectivity index (χ2v) is 3.98. The van der Waals surface area contributed by atoms with Crippen molar-refractivity contribution in [2.45, 2.75) is 19.0 Å². The fraction of sp³-hybridized carbons (Fsp3) is 0.625. The fourth-order valence-corrected chi connectivity index (χ4v) is 1.97. The Morgan fingerprint density at radius 1 is 1.75 bits per heavy atom. The molecule has 0 saturated carbocycles. The minimum atomic E-state index is 0.647. The van der Waals surface area contributed by atoms with Crippen molar-refractivity contribution < 1.29 is 0 Å². The minimum absolute atomic E-state index is 0.647. The van der Waals surface area contributed by atoms with Gasteiger partial charge in [0.2, 0.25) is 0 Å². The van der Waals surface area contributed by atoms with Crippen LogP contribution in [0, 0.1) is 0 Å². The van der Waals surface area contributed by atoms with Crippen LogP contribution in [0.4, 0.5) is 0 Å². The van der Waals surface area contributed by atoms with E-state index in [0.29, 0.717) is 6.04 Å². The molecule has 1 aromatic rings. The second-order valence-electron chi connectivity index (χ2n) is 3.00. The Kier molecular flexibility index (Phi) is 2.71. The third kappa shape index (κ3) is 2.03. The smallest absolute Gasteiger partial charge is 0.106 e. The van der Waals surface area contributed by atoms with E-state index >= 15 is 0 Å². The second kappa shape index (κ2) is 3.98. The standard InChI is InChI=1S/C8H13N3S/c1-2-9-5-7(1)11-6-8-10-3-4-12-8/h3-4,7,9,11H,1-2,5-6H2. The Hall–Kier alpha value is -0.450. The van der Waals surface area contributed by atoms with E-state index < -0.39 is 0 Å². The molecule has 0 radical (unpaired) electrons. The summed E-state index contributed by atoms with van der Waals surface area (Å²) >= 11 is 1.71. The summed E-state index contributed by atoms with van der Waals surface area (Å²) in [6.07, 6.45) is 3.10. The Labute approximate surface area is 76.2 Å². The Morgan fingerprint density at radius 3 is 3.42 bits per heavy atom. The predicted octanol–water partition coefficient (Wildman–Crippen LogP) is 0.595. The molecular formula is C8H13N3S. The Balaban J connectivity index is 1.74. The average molecular weight is 183 g/mol. The van der Waals surface area contributed by atoms with Gasteiger partial charge in [-0.2, -0.15) is 0 Å². The van der Waals surface area contributed by atoms with Crippen molar-refractivity contribution in [2.24, 2.45) is 0 Å². The zero-order valence-electron chi connectivity index (χ0n) is 6.92. The monoisotopic (exact) mass is 183 g/mol. The number of nitrogens with zero attached hydrogens (tertiary/aromatic N) is 1. The van der Waals surface area contributed by atoms with Crippen molar-refractivity contribution in [3.05, 3.63) is 16.6 Å². The van der Waals surface area contributed by atoms with Crippen LogP contribution >= 0.6 is 11.3 Å². The van der Waals surface area contributed by atoms with Crippen LogP contribution in [0.25, 0.3) is 0 Å². The van der Waals surface area contributed by atoms with Crippen molar-refractivity contribution in [3.63, 3.8) is 0 Å². The first-order valence-corrected chi connectivity index (χ1v) is 5.15. The molecule has 12 heavy (non-hydrogen) atoms. The maximum absolute atomic E-state index is 4.21. The van der Waals surface area contributed by atoms with Gasteiger partial charge in [0.1, 0.15) is 5.01 Å². The summed E-state index contributed by atoms with van der Waals surface area (Å²) in [5, 5.41) is 9.99. The maximum atomic E-state index is 4.21. The summed E-state index contributed by atoms with van der Waals surface area (Å²) in [4.78, 5) is 4.21. The van der Waals surface area contributed by atoms with Gasteiger partial charge in [-0.3, -0.25) is 0 Å². The van der Waals surface area contributed by atoms with Gasteiger partial charge in [0, 0.05) is 30.7 Å². The van der Waals surface area contributed by atoms with Gasteiger partial charge < -0.3 is 10.6 Å². The van der Waals surface area contributed by atoms with Gasteiger partial charge in [0.25, 0.3) is 0 Å². The number of aromatic nitrogens is 1. The molecule has 3 nitrogen and oxygen atoms in total. The highest BCUT2D eigenvalue weighted by molar-refractivity contribution is 7.09. The number of nitrogens with one attached hydrogen (secondary N) is 2. The molecule has 0 amide bonds. The normalized spacial score (nSPS) is 23.2. The van der Waals surface area contributed by atoms with Crippen molar-refractivity contribution >= 4 is 11.3 Å². The van der Waals surface area contributed by atoms with Gasteiger partial charge in [-0.15, -0.1) is 11.3 Å². The molecule has 2 N–H and O–H groups in total. The van der Waals surface area contributed by atoms with Gasteiger partial charge in [-0.1, -0.05) is 0 Å². The van der Waals surface area contributed by atoms with E-state index in [1.807, 2.05) is 11.6 Å². The van der Waals surface area contributed by atoms with Crippen LogP contribution in [0.2, 0.25) is 0 Å². The van der Waals surface area contributed by atoms with Gasteiger partial charge in [-0.25, -0.2) is 4.98 Å². The lowest BCUT2D eigenvalue weighted by Crippen LogP contribution is -2.30. The highest BCUT2D eigenvalue weighted by Crippen LogP contribution is 2.04. The molecule has 2 rings (SSSR count). The van der Waals surface area contributed by atoms with Crippen molar-refractivity contribution in [2.75, 3.05) is 13.1 Å². The van der Waals surface area contributed by atoms with E-state index in [9.17, 15) is 0 Å². The predicted molar refractivity (Wildman–Crippen MR) is 50.2 cm³/mol. The van der Waals surface area contributed by atoms with E-state index in [0.717, 1.165) is 19.6 Å². The molecule has 1 fully saturated rings. The van der Waals surface area contributed by atoms with E-state index in [2.05, 4.69) is 15.6 Å². The molecule has 1 aromatic heterocycles. The van der Waals surface area contributed by atoms with Gasteiger partial charge in [0.05, 0.1) is 0 Å². The first kappa shape index (κ1) is 8.16. The molecule has 1 unspecified atom stereocenters. The van der Waals surface area contributed by atoms with E-state index in [1.54, 1.807) is 11.3 Å².